The monoisotopic (exact) mass is 304 g/mol. The lowest BCUT2D eigenvalue weighted by Gasteiger charge is -2.17. The Morgan fingerprint density at radius 2 is 2.19 bits per heavy atom. The molecule has 1 amide bonds. The van der Waals surface area contributed by atoms with Gasteiger partial charge in [0.05, 0.1) is 11.9 Å². The van der Waals surface area contributed by atoms with Crippen molar-refractivity contribution in [2.45, 2.75) is 26.4 Å². The number of hydrogen-bond acceptors (Lipinski definition) is 3. The number of benzene rings is 1. The normalized spacial score (nSPS) is 11.8. The molecule has 0 bridgehead atoms. The van der Waals surface area contributed by atoms with Gasteiger partial charge in [0.1, 0.15) is 10.9 Å². The molecule has 1 N–H and O–H groups in total. The number of aryl methyl sites for hydroxylation is 1. The van der Waals surface area contributed by atoms with Gasteiger partial charge >= 0.3 is 0 Å². The van der Waals surface area contributed by atoms with Gasteiger partial charge < -0.3 is 10.1 Å². The molecule has 5 heteroatoms. The van der Waals surface area contributed by atoms with E-state index >= 15 is 0 Å². The average molecular weight is 305 g/mol. The van der Waals surface area contributed by atoms with Gasteiger partial charge in [0.2, 0.25) is 0 Å². The fraction of sp³-hybridized carbons (Fsp3) is 0.250. The maximum absolute atomic E-state index is 12.2. The molecule has 1 aromatic heterocycles. The molecule has 2 aromatic rings. The van der Waals surface area contributed by atoms with E-state index in [1.54, 1.807) is 12.1 Å². The Morgan fingerprint density at radius 1 is 1.38 bits per heavy atom. The van der Waals surface area contributed by atoms with Crippen LogP contribution >= 0.6 is 11.6 Å². The summed E-state index contributed by atoms with van der Waals surface area (Å²) in [6, 6.07) is 10.9. The largest absolute Gasteiger partial charge is 0.481 e. The Hall–Kier alpha value is -2.07. The molecule has 4 nitrogen and oxygen atoms in total. The molecule has 1 atom stereocenters. The lowest BCUT2D eigenvalue weighted by Crippen LogP contribution is -2.32. The van der Waals surface area contributed by atoms with E-state index in [0.717, 1.165) is 5.56 Å². The van der Waals surface area contributed by atoms with Crippen LogP contribution in [0.1, 0.15) is 18.9 Å². The van der Waals surface area contributed by atoms with Crippen molar-refractivity contribution in [1.82, 2.24) is 4.98 Å². The number of anilines is 1. The molecule has 2 rings (SSSR count). The summed E-state index contributed by atoms with van der Waals surface area (Å²) >= 11 is 5.71. The molecule has 0 aliphatic rings. The smallest absolute Gasteiger partial charge is 0.265 e. The number of hydrogen-bond donors (Lipinski definition) is 1. The number of pyridine rings is 1. The molecular weight excluding hydrogens is 288 g/mol. The number of carbonyl (C=O) groups is 1. The number of halogens is 1. The second-order valence-electron chi connectivity index (χ2n) is 4.69. The molecule has 0 saturated carbocycles. The second-order valence-corrected chi connectivity index (χ2v) is 5.08. The summed E-state index contributed by atoms with van der Waals surface area (Å²) in [7, 11) is 0. The average Bonchev–Trinajstić information content (AvgIpc) is 2.47. The number of nitrogens with one attached hydrogen (secondary N) is 1. The standard InChI is InChI=1S/C16H17ClN2O2/c1-3-14(21-13-6-4-5-11(2)9-13)16(20)19-12-7-8-15(17)18-10-12/h4-10,14H,3H2,1-2H3,(H,19,20). The number of ether oxygens (including phenoxy) is 1. The Morgan fingerprint density at radius 3 is 2.81 bits per heavy atom. The summed E-state index contributed by atoms with van der Waals surface area (Å²) < 4.78 is 5.74. The van der Waals surface area contributed by atoms with Gasteiger partial charge in [-0.1, -0.05) is 30.7 Å². The highest BCUT2D eigenvalue weighted by atomic mass is 35.5. The third-order valence-corrected chi connectivity index (χ3v) is 3.15. The highest BCUT2D eigenvalue weighted by Crippen LogP contribution is 2.17. The van der Waals surface area contributed by atoms with Gasteiger partial charge in [-0.3, -0.25) is 4.79 Å². The number of amides is 1. The van der Waals surface area contributed by atoms with Crippen molar-refractivity contribution < 1.29 is 9.53 Å². The Kier molecular flexibility index (Phi) is 5.17. The molecule has 0 fully saturated rings. The van der Waals surface area contributed by atoms with Gasteiger partial charge in [0.15, 0.2) is 6.10 Å². The van der Waals surface area contributed by atoms with Crippen LogP contribution in [0.3, 0.4) is 0 Å². The van der Waals surface area contributed by atoms with Crippen LogP contribution in [0.4, 0.5) is 5.69 Å². The lowest BCUT2D eigenvalue weighted by molar-refractivity contribution is -0.122. The van der Waals surface area contributed by atoms with Crippen molar-refractivity contribution >= 4 is 23.2 Å². The first-order valence-corrected chi connectivity index (χ1v) is 7.12. The molecule has 21 heavy (non-hydrogen) atoms. The summed E-state index contributed by atoms with van der Waals surface area (Å²) in [5.41, 5.74) is 1.68. The molecule has 0 spiro atoms. The van der Waals surface area contributed by atoms with E-state index in [4.69, 9.17) is 16.3 Å². The van der Waals surface area contributed by atoms with Gasteiger partial charge in [-0.2, -0.15) is 0 Å². The minimum absolute atomic E-state index is 0.205. The first kappa shape index (κ1) is 15.3. The molecule has 0 aliphatic carbocycles. The zero-order valence-corrected chi connectivity index (χ0v) is 12.7. The highest BCUT2D eigenvalue weighted by Gasteiger charge is 2.18. The van der Waals surface area contributed by atoms with E-state index < -0.39 is 6.10 Å². The van der Waals surface area contributed by atoms with Crippen LogP contribution < -0.4 is 10.1 Å². The summed E-state index contributed by atoms with van der Waals surface area (Å²) in [6.07, 6.45) is 1.53. The van der Waals surface area contributed by atoms with Gasteiger partial charge in [-0.15, -0.1) is 0 Å². The molecule has 1 heterocycles. The zero-order valence-electron chi connectivity index (χ0n) is 12.0. The fourth-order valence-corrected chi connectivity index (χ4v) is 1.96. The second kappa shape index (κ2) is 7.09. The molecule has 110 valence electrons. The molecule has 0 radical (unpaired) electrons. The third-order valence-electron chi connectivity index (χ3n) is 2.93. The van der Waals surface area contributed by atoms with Crippen LogP contribution in [0.25, 0.3) is 0 Å². The molecular formula is C16H17ClN2O2. The number of rotatable bonds is 5. The maximum atomic E-state index is 12.2. The van der Waals surface area contributed by atoms with Crippen molar-refractivity contribution in [2.24, 2.45) is 0 Å². The number of aromatic nitrogens is 1. The minimum Gasteiger partial charge on any atom is -0.481 e. The van der Waals surface area contributed by atoms with Crippen molar-refractivity contribution in [1.29, 1.82) is 0 Å². The Labute approximate surface area is 129 Å². The molecule has 1 aromatic carbocycles. The predicted molar refractivity (Wildman–Crippen MR) is 83.8 cm³/mol. The molecule has 0 aliphatic heterocycles. The van der Waals surface area contributed by atoms with Crippen molar-refractivity contribution in [3.8, 4) is 5.75 Å². The van der Waals surface area contributed by atoms with Crippen molar-refractivity contribution in [2.75, 3.05) is 5.32 Å². The number of nitrogens with zero attached hydrogens (tertiary/aromatic N) is 1. The van der Waals surface area contributed by atoms with E-state index in [9.17, 15) is 4.79 Å². The van der Waals surface area contributed by atoms with Gasteiger partial charge in [0.25, 0.3) is 5.91 Å². The van der Waals surface area contributed by atoms with Crippen LogP contribution in [0.2, 0.25) is 5.15 Å². The minimum atomic E-state index is -0.553. The maximum Gasteiger partial charge on any atom is 0.265 e. The first-order chi connectivity index (χ1) is 10.1. The van der Waals surface area contributed by atoms with E-state index in [0.29, 0.717) is 23.0 Å². The topological polar surface area (TPSA) is 51.2 Å². The van der Waals surface area contributed by atoms with Crippen LogP contribution in [0.5, 0.6) is 5.75 Å². The van der Waals surface area contributed by atoms with E-state index in [1.165, 1.54) is 6.20 Å². The third kappa shape index (κ3) is 4.46. The van der Waals surface area contributed by atoms with Gasteiger partial charge in [-0.05, 0) is 43.2 Å². The van der Waals surface area contributed by atoms with Crippen LogP contribution in [-0.2, 0) is 4.79 Å². The fourth-order valence-electron chi connectivity index (χ4n) is 1.85. The van der Waals surface area contributed by atoms with Crippen LogP contribution in [-0.4, -0.2) is 17.0 Å². The highest BCUT2D eigenvalue weighted by molar-refractivity contribution is 6.29. The quantitative estimate of drug-likeness (QED) is 0.854. The molecule has 1 unspecified atom stereocenters. The lowest BCUT2D eigenvalue weighted by atomic mass is 10.2. The SMILES string of the molecule is CCC(Oc1cccc(C)c1)C(=O)Nc1ccc(Cl)nc1. The summed E-state index contributed by atoms with van der Waals surface area (Å²) in [5.74, 6) is 0.481. The summed E-state index contributed by atoms with van der Waals surface area (Å²) in [5, 5.41) is 3.16. The Bertz CT molecular complexity index is 614. The van der Waals surface area contributed by atoms with Crippen molar-refractivity contribution in [3.63, 3.8) is 0 Å². The van der Waals surface area contributed by atoms with Gasteiger partial charge in [0, 0.05) is 0 Å². The summed E-state index contributed by atoms with van der Waals surface area (Å²) in [6.45, 7) is 3.88. The van der Waals surface area contributed by atoms with E-state index in [-0.39, 0.29) is 5.91 Å². The van der Waals surface area contributed by atoms with Crippen LogP contribution in [0.15, 0.2) is 42.6 Å². The molecule has 0 saturated heterocycles. The van der Waals surface area contributed by atoms with E-state index in [2.05, 4.69) is 10.3 Å². The van der Waals surface area contributed by atoms with Crippen molar-refractivity contribution in [3.05, 3.63) is 53.3 Å². The Balaban J connectivity index is 2.03. The predicted octanol–water partition coefficient (Wildman–Crippen LogP) is 3.84. The zero-order chi connectivity index (χ0) is 15.2. The summed E-state index contributed by atoms with van der Waals surface area (Å²) in [4.78, 5) is 16.1. The first-order valence-electron chi connectivity index (χ1n) is 6.74. The van der Waals surface area contributed by atoms with Gasteiger partial charge in [-0.25, -0.2) is 4.98 Å². The van der Waals surface area contributed by atoms with Crippen LogP contribution in [0, 0.1) is 6.92 Å². The number of carbonyl (C=O) groups excluding carboxylic acids is 1. The van der Waals surface area contributed by atoms with E-state index in [1.807, 2.05) is 38.1 Å².